The molecule has 3 heterocycles. The lowest BCUT2D eigenvalue weighted by Crippen LogP contribution is -2.51. The van der Waals surface area contributed by atoms with Gasteiger partial charge in [-0.25, -0.2) is 0 Å². The van der Waals surface area contributed by atoms with Gasteiger partial charge in [0.2, 0.25) is 5.91 Å². The zero-order valence-corrected chi connectivity index (χ0v) is 17.4. The van der Waals surface area contributed by atoms with Gasteiger partial charge in [-0.05, 0) is 56.5 Å². The molecule has 1 unspecified atom stereocenters. The van der Waals surface area contributed by atoms with Crippen LogP contribution in [0.15, 0.2) is 54.7 Å². The van der Waals surface area contributed by atoms with Gasteiger partial charge in [0.15, 0.2) is 0 Å². The van der Waals surface area contributed by atoms with E-state index in [-0.39, 0.29) is 17.7 Å². The minimum absolute atomic E-state index is 0.0337. The second-order valence-electron chi connectivity index (χ2n) is 8.26. The molecular formula is C24H30N4O2. The Labute approximate surface area is 178 Å². The summed E-state index contributed by atoms with van der Waals surface area (Å²) in [7, 11) is 0. The highest BCUT2D eigenvalue weighted by Crippen LogP contribution is 2.25. The van der Waals surface area contributed by atoms with Crippen LogP contribution in [0.5, 0.6) is 0 Å². The maximum absolute atomic E-state index is 12.7. The van der Waals surface area contributed by atoms with Gasteiger partial charge in [0.25, 0.3) is 5.91 Å². The second-order valence-corrected chi connectivity index (χ2v) is 8.26. The van der Waals surface area contributed by atoms with Crippen molar-refractivity contribution in [3.63, 3.8) is 0 Å². The third-order valence-corrected chi connectivity index (χ3v) is 6.28. The molecule has 6 heteroatoms. The fourth-order valence-corrected chi connectivity index (χ4v) is 4.57. The number of nitrogens with one attached hydrogen (secondary N) is 1. The molecule has 0 radical (unpaired) electrons. The quantitative estimate of drug-likeness (QED) is 0.829. The van der Waals surface area contributed by atoms with Crippen molar-refractivity contribution in [2.75, 3.05) is 26.2 Å². The van der Waals surface area contributed by atoms with E-state index in [0.717, 1.165) is 63.1 Å². The van der Waals surface area contributed by atoms with Gasteiger partial charge in [0.1, 0.15) is 0 Å². The van der Waals surface area contributed by atoms with Gasteiger partial charge >= 0.3 is 0 Å². The second kappa shape index (κ2) is 9.85. The number of amides is 2. The summed E-state index contributed by atoms with van der Waals surface area (Å²) in [6.45, 7) is 3.90. The van der Waals surface area contributed by atoms with E-state index in [9.17, 15) is 9.59 Å². The molecule has 6 nitrogen and oxygen atoms in total. The van der Waals surface area contributed by atoms with Crippen molar-refractivity contribution >= 4 is 11.8 Å². The molecular weight excluding hydrogens is 376 g/mol. The summed E-state index contributed by atoms with van der Waals surface area (Å²) in [5, 5.41) is 3.05. The lowest BCUT2D eigenvalue weighted by atomic mass is 9.93. The van der Waals surface area contributed by atoms with Crippen LogP contribution in [0, 0.1) is 5.92 Å². The predicted octanol–water partition coefficient (Wildman–Crippen LogP) is 2.71. The first-order valence-electron chi connectivity index (χ1n) is 11.0. The van der Waals surface area contributed by atoms with Crippen molar-refractivity contribution in [3.8, 4) is 0 Å². The van der Waals surface area contributed by atoms with Gasteiger partial charge in [-0.2, -0.15) is 0 Å². The molecule has 2 amide bonds. The molecule has 30 heavy (non-hydrogen) atoms. The van der Waals surface area contributed by atoms with Gasteiger partial charge in [0.05, 0.1) is 18.2 Å². The summed E-state index contributed by atoms with van der Waals surface area (Å²) < 4.78 is 0. The average Bonchev–Trinajstić information content (AvgIpc) is 2.83. The molecule has 0 bridgehead atoms. The van der Waals surface area contributed by atoms with E-state index in [4.69, 9.17) is 0 Å². The fraction of sp³-hybridized carbons (Fsp3) is 0.458. The van der Waals surface area contributed by atoms with Crippen LogP contribution < -0.4 is 5.32 Å². The number of likely N-dealkylation sites (tertiary alicyclic amines) is 2. The van der Waals surface area contributed by atoms with Crippen molar-refractivity contribution in [1.29, 1.82) is 0 Å². The Kier molecular flexibility index (Phi) is 6.74. The van der Waals surface area contributed by atoms with Crippen molar-refractivity contribution in [3.05, 3.63) is 66.0 Å². The molecule has 1 aromatic heterocycles. The number of carbonyl (C=O) groups excluding carboxylic acids is 2. The molecule has 2 fully saturated rings. The molecule has 2 saturated heterocycles. The van der Waals surface area contributed by atoms with Crippen LogP contribution in [0.2, 0.25) is 0 Å². The molecule has 0 spiro atoms. The van der Waals surface area contributed by atoms with E-state index in [2.05, 4.69) is 15.2 Å². The molecule has 1 atom stereocenters. The number of rotatable bonds is 5. The van der Waals surface area contributed by atoms with Crippen LogP contribution in [0.3, 0.4) is 0 Å². The van der Waals surface area contributed by atoms with E-state index >= 15 is 0 Å². The van der Waals surface area contributed by atoms with Crippen molar-refractivity contribution in [1.82, 2.24) is 20.1 Å². The number of piperidine rings is 2. The van der Waals surface area contributed by atoms with Gasteiger partial charge in [-0.3, -0.25) is 19.5 Å². The molecule has 1 N–H and O–H groups in total. The van der Waals surface area contributed by atoms with Crippen LogP contribution in [0.25, 0.3) is 0 Å². The van der Waals surface area contributed by atoms with E-state index in [1.807, 2.05) is 53.4 Å². The van der Waals surface area contributed by atoms with Crippen LogP contribution in [0.1, 0.15) is 41.7 Å². The standard InChI is InChI=1S/C24H30N4O2/c29-23(26-17-21-10-4-5-13-25-21)20-9-6-14-28(18-20)22-11-15-27(16-12-22)24(30)19-7-2-1-3-8-19/h1-5,7-8,10,13,20,22H,6,9,11-12,14-18H2,(H,26,29). The van der Waals surface area contributed by atoms with Crippen molar-refractivity contribution < 1.29 is 9.59 Å². The fourth-order valence-electron chi connectivity index (χ4n) is 4.57. The predicted molar refractivity (Wildman–Crippen MR) is 116 cm³/mol. The first-order valence-corrected chi connectivity index (χ1v) is 11.0. The number of aromatic nitrogens is 1. The zero-order valence-electron chi connectivity index (χ0n) is 17.4. The molecule has 2 aromatic rings. The summed E-state index contributed by atoms with van der Waals surface area (Å²) >= 11 is 0. The summed E-state index contributed by atoms with van der Waals surface area (Å²) in [5.74, 6) is 0.285. The Morgan fingerprint density at radius 1 is 0.967 bits per heavy atom. The van der Waals surface area contributed by atoms with Crippen LogP contribution in [0.4, 0.5) is 0 Å². The Morgan fingerprint density at radius 2 is 1.73 bits per heavy atom. The zero-order chi connectivity index (χ0) is 20.8. The first kappa shape index (κ1) is 20.5. The Morgan fingerprint density at radius 3 is 2.47 bits per heavy atom. The van der Waals surface area contributed by atoms with E-state index in [1.54, 1.807) is 6.20 Å². The molecule has 158 valence electrons. The number of hydrogen-bond donors (Lipinski definition) is 1. The number of pyridine rings is 1. The third-order valence-electron chi connectivity index (χ3n) is 6.28. The number of carbonyl (C=O) groups is 2. The molecule has 0 saturated carbocycles. The minimum atomic E-state index is 0.0337. The summed E-state index contributed by atoms with van der Waals surface area (Å²) in [6, 6.07) is 15.7. The highest BCUT2D eigenvalue weighted by atomic mass is 16.2. The van der Waals surface area contributed by atoms with Gasteiger partial charge < -0.3 is 10.2 Å². The number of hydrogen-bond acceptors (Lipinski definition) is 4. The maximum atomic E-state index is 12.7. The summed E-state index contributed by atoms with van der Waals surface area (Å²) in [6.07, 6.45) is 5.68. The SMILES string of the molecule is O=C(NCc1ccccn1)C1CCCN(C2CCN(C(=O)c3ccccc3)CC2)C1. The highest BCUT2D eigenvalue weighted by molar-refractivity contribution is 5.94. The molecule has 2 aliphatic rings. The Hall–Kier alpha value is -2.73. The molecule has 2 aliphatic heterocycles. The molecule has 1 aromatic carbocycles. The summed E-state index contributed by atoms with van der Waals surface area (Å²) in [4.78, 5) is 34.1. The smallest absolute Gasteiger partial charge is 0.253 e. The number of benzene rings is 1. The van der Waals surface area contributed by atoms with Gasteiger partial charge in [0, 0.05) is 37.4 Å². The molecule has 4 rings (SSSR count). The normalized spacial score (nSPS) is 20.7. The topological polar surface area (TPSA) is 65.5 Å². The summed E-state index contributed by atoms with van der Waals surface area (Å²) in [5.41, 5.74) is 1.65. The Bertz CT molecular complexity index is 835. The largest absolute Gasteiger partial charge is 0.350 e. The van der Waals surface area contributed by atoms with Crippen LogP contribution >= 0.6 is 0 Å². The van der Waals surface area contributed by atoms with E-state index < -0.39 is 0 Å². The maximum Gasteiger partial charge on any atom is 0.253 e. The molecule has 0 aliphatic carbocycles. The van der Waals surface area contributed by atoms with Crippen molar-refractivity contribution in [2.45, 2.75) is 38.3 Å². The van der Waals surface area contributed by atoms with E-state index in [1.165, 1.54) is 0 Å². The third kappa shape index (κ3) is 5.05. The minimum Gasteiger partial charge on any atom is -0.350 e. The average molecular weight is 407 g/mol. The van der Waals surface area contributed by atoms with E-state index in [0.29, 0.717) is 12.6 Å². The van der Waals surface area contributed by atoms with Crippen LogP contribution in [-0.2, 0) is 11.3 Å². The first-order chi connectivity index (χ1) is 14.7. The van der Waals surface area contributed by atoms with Crippen molar-refractivity contribution in [2.24, 2.45) is 5.92 Å². The lowest BCUT2D eigenvalue weighted by Gasteiger charge is -2.42. The Balaban J connectivity index is 1.26. The monoisotopic (exact) mass is 406 g/mol. The number of nitrogens with zero attached hydrogens (tertiary/aromatic N) is 3. The highest BCUT2D eigenvalue weighted by Gasteiger charge is 2.32. The lowest BCUT2D eigenvalue weighted by molar-refractivity contribution is -0.127. The van der Waals surface area contributed by atoms with Crippen LogP contribution in [-0.4, -0.2) is 58.8 Å². The van der Waals surface area contributed by atoms with Gasteiger partial charge in [-0.15, -0.1) is 0 Å². The van der Waals surface area contributed by atoms with Gasteiger partial charge in [-0.1, -0.05) is 24.3 Å².